The zero-order valence-corrected chi connectivity index (χ0v) is 30.2. The minimum absolute atomic E-state index is 0.0854. The number of benzene rings is 3. The van der Waals surface area contributed by atoms with Crippen LogP contribution in [0.1, 0.15) is 49.7 Å². The van der Waals surface area contributed by atoms with Gasteiger partial charge < -0.3 is 26.7 Å². The molecule has 1 aromatic heterocycles. The maximum absolute atomic E-state index is 13.8. The number of halogens is 1. The molecule has 270 valence electrons. The molecule has 2 amide bonds. The van der Waals surface area contributed by atoms with Gasteiger partial charge in [0.2, 0.25) is 27.1 Å². The SMILES string of the molecule is Cc1cc(S(=O)(=O)NC2CCNCC2)ccc1-c1cccc(C[C@H](NC(=O)[C@H]2CC[C@H](CN)CC2)C(=O)Nc2ccc(-c3nnc(Cl)[nH]3)cc2)c1. The molecule has 1 saturated heterocycles. The van der Waals surface area contributed by atoms with Gasteiger partial charge in [0.25, 0.3) is 0 Å². The van der Waals surface area contributed by atoms with Gasteiger partial charge in [0.1, 0.15) is 6.04 Å². The van der Waals surface area contributed by atoms with Crippen LogP contribution in [0.5, 0.6) is 0 Å². The lowest BCUT2D eigenvalue weighted by Crippen LogP contribution is -2.48. The molecule has 1 aliphatic carbocycles. The Labute approximate surface area is 303 Å². The number of nitrogens with zero attached hydrogens (tertiary/aromatic N) is 2. The Morgan fingerprint density at radius 1 is 0.941 bits per heavy atom. The first kappa shape index (κ1) is 36.6. The van der Waals surface area contributed by atoms with Gasteiger partial charge in [0, 0.05) is 29.6 Å². The molecular formula is C37H45ClN8O4S. The minimum Gasteiger partial charge on any atom is -0.344 e. The van der Waals surface area contributed by atoms with E-state index in [9.17, 15) is 18.0 Å². The first-order valence-corrected chi connectivity index (χ1v) is 19.4. The van der Waals surface area contributed by atoms with Gasteiger partial charge in [-0.1, -0.05) is 30.3 Å². The number of aromatic nitrogens is 3. The quantitative estimate of drug-likeness (QED) is 0.122. The fourth-order valence-corrected chi connectivity index (χ4v) is 8.44. The van der Waals surface area contributed by atoms with Gasteiger partial charge in [0.15, 0.2) is 5.82 Å². The normalized spacial score (nSPS) is 19.0. The topological polar surface area (TPSA) is 184 Å². The van der Waals surface area contributed by atoms with Crippen molar-refractivity contribution in [3.05, 3.63) is 83.1 Å². The van der Waals surface area contributed by atoms with Crippen molar-refractivity contribution in [2.45, 2.75) is 68.8 Å². The summed E-state index contributed by atoms with van der Waals surface area (Å²) in [6.07, 6.45) is 5.02. The first-order chi connectivity index (χ1) is 24.6. The van der Waals surface area contributed by atoms with E-state index in [2.05, 4.69) is 35.9 Å². The molecule has 2 aliphatic rings. The zero-order valence-electron chi connectivity index (χ0n) is 28.6. The van der Waals surface area contributed by atoms with Gasteiger partial charge in [-0.3, -0.25) is 9.59 Å². The first-order valence-electron chi connectivity index (χ1n) is 17.5. The Morgan fingerprint density at radius 2 is 1.69 bits per heavy atom. The molecule has 12 nitrogen and oxygen atoms in total. The van der Waals surface area contributed by atoms with Gasteiger partial charge in [-0.2, -0.15) is 0 Å². The highest BCUT2D eigenvalue weighted by Crippen LogP contribution is 2.30. The van der Waals surface area contributed by atoms with Gasteiger partial charge in [-0.05, 0) is 141 Å². The number of rotatable bonds is 12. The summed E-state index contributed by atoms with van der Waals surface area (Å²) in [6.45, 7) is 4.09. The number of carbonyl (C=O) groups is 2. The number of aryl methyl sites for hydroxylation is 1. The van der Waals surface area contributed by atoms with Crippen molar-refractivity contribution in [1.29, 1.82) is 0 Å². The molecule has 7 N–H and O–H groups in total. The van der Waals surface area contributed by atoms with E-state index < -0.39 is 16.1 Å². The summed E-state index contributed by atoms with van der Waals surface area (Å²) in [4.78, 5) is 30.4. The predicted octanol–water partition coefficient (Wildman–Crippen LogP) is 4.56. The second kappa shape index (κ2) is 16.5. The Balaban J connectivity index is 1.19. The van der Waals surface area contributed by atoms with Crippen molar-refractivity contribution in [3.8, 4) is 22.5 Å². The average molecular weight is 733 g/mol. The molecule has 3 aromatic carbocycles. The van der Waals surface area contributed by atoms with Gasteiger partial charge in [-0.25, -0.2) is 13.1 Å². The highest BCUT2D eigenvalue weighted by molar-refractivity contribution is 7.89. The molecule has 4 aromatic rings. The van der Waals surface area contributed by atoms with Crippen molar-refractivity contribution in [3.63, 3.8) is 0 Å². The maximum Gasteiger partial charge on any atom is 0.247 e. The van der Waals surface area contributed by atoms with Crippen LogP contribution in [0.4, 0.5) is 5.69 Å². The number of anilines is 1. The van der Waals surface area contributed by atoms with E-state index in [1.807, 2.05) is 37.3 Å². The molecule has 2 fully saturated rings. The second-order valence-corrected chi connectivity index (χ2v) is 15.6. The average Bonchev–Trinajstić information content (AvgIpc) is 3.58. The third-order valence-corrected chi connectivity index (χ3v) is 11.6. The van der Waals surface area contributed by atoms with Crippen LogP contribution in [0, 0.1) is 18.8 Å². The molecule has 0 radical (unpaired) electrons. The molecule has 1 saturated carbocycles. The smallest absolute Gasteiger partial charge is 0.247 e. The largest absolute Gasteiger partial charge is 0.344 e. The number of sulfonamides is 1. The number of piperidine rings is 1. The van der Waals surface area contributed by atoms with E-state index in [1.54, 1.807) is 36.4 Å². The summed E-state index contributed by atoms with van der Waals surface area (Å²) < 4.78 is 29.2. The third-order valence-electron chi connectivity index (χ3n) is 9.92. The molecule has 1 aliphatic heterocycles. The molecule has 0 unspecified atom stereocenters. The zero-order chi connectivity index (χ0) is 36.0. The lowest BCUT2D eigenvalue weighted by Gasteiger charge is -2.28. The summed E-state index contributed by atoms with van der Waals surface area (Å²) in [7, 11) is -3.66. The van der Waals surface area contributed by atoms with Crippen LogP contribution >= 0.6 is 11.6 Å². The monoisotopic (exact) mass is 732 g/mol. The van der Waals surface area contributed by atoms with E-state index in [0.29, 0.717) is 24.0 Å². The van der Waals surface area contributed by atoms with Crippen LogP contribution in [0.3, 0.4) is 0 Å². The van der Waals surface area contributed by atoms with Gasteiger partial charge >= 0.3 is 0 Å². The third kappa shape index (κ3) is 9.40. The molecule has 14 heteroatoms. The van der Waals surface area contributed by atoms with E-state index in [-0.39, 0.29) is 40.4 Å². The molecule has 2 heterocycles. The number of aromatic amines is 1. The lowest BCUT2D eigenvalue weighted by atomic mass is 9.81. The van der Waals surface area contributed by atoms with Crippen LogP contribution in [-0.4, -0.2) is 67.1 Å². The van der Waals surface area contributed by atoms with E-state index in [4.69, 9.17) is 17.3 Å². The van der Waals surface area contributed by atoms with Crippen LogP contribution in [-0.2, 0) is 26.0 Å². The van der Waals surface area contributed by atoms with Crippen LogP contribution < -0.4 is 26.4 Å². The summed E-state index contributed by atoms with van der Waals surface area (Å²) in [5.41, 5.74) is 10.6. The fraction of sp³-hybridized carbons (Fsp3) is 0.405. The van der Waals surface area contributed by atoms with Gasteiger partial charge in [-0.15, -0.1) is 10.2 Å². The Hall–Kier alpha value is -4.14. The maximum atomic E-state index is 13.8. The number of nitrogens with one attached hydrogen (secondary N) is 5. The van der Waals surface area contributed by atoms with E-state index in [0.717, 1.165) is 79.4 Å². The number of amides is 2. The van der Waals surface area contributed by atoms with Gasteiger partial charge in [0.05, 0.1) is 4.90 Å². The van der Waals surface area contributed by atoms with Crippen LogP contribution in [0.15, 0.2) is 71.6 Å². The van der Waals surface area contributed by atoms with E-state index >= 15 is 0 Å². The molecule has 0 spiro atoms. The highest BCUT2D eigenvalue weighted by Gasteiger charge is 2.30. The van der Waals surface area contributed by atoms with Crippen molar-refractivity contribution < 1.29 is 18.0 Å². The number of hydrogen-bond acceptors (Lipinski definition) is 8. The Morgan fingerprint density at radius 3 is 2.35 bits per heavy atom. The summed E-state index contributed by atoms with van der Waals surface area (Å²) in [5, 5.41) is 17.2. The van der Waals surface area contributed by atoms with Crippen molar-refractivity contribution in [2.24, 2.45) is 17.6 Å². The standard InChI is InChI=1S/C37H45ClN8O4S/c1-23-19-31(51(49,50)46-30-15-17-40-18-16-30)13-14-32(23)28-4-2-3-25(20-28)21-33(42-35(47)27-7-5-24(22-39)6-8-27)36(48)41-29-11-9-26(10-12-29)34-43-37(38)45-44-34/h2-4,9-14,19-20,24,27,30,33,40,46H,5-8,15-18,21-22,39H2,1H3,(H,41,48)(H,42,47)(H,43,44,45)/t24-,27-,33-/m0/s1. The van der Waals surface area contributed by atoms with Crippen molar-refractivity contribution in [1.82, 2.24) is 30.5 Å². The number of H-pyrrole nitrogens is 1. The molecular weight excluding hydrogens is 688 g/mol. The summed E-state index contributed by atoms with van der Waals surface area (Å²) in [6, 6.07) is 19.1. The Kier molecular flexibility index (Phi) is 11.8. The Bertz CT molecular complexity index is 1940. The fourth-order valence-electron chi connectivity index (χ4n) is 6.93. The molecule has 0 bridgehead atoms. The van der Waals surface area contributed by atoms with Crippen molar-refractivity contribution >= 4 is 39.1 Å². The highest BCUT2D eigenvalue weighted by atomic mass is 35.5. The number of hydrogen-bond donors (Lipinski definition) is 6. The molecule has 1 atom stereocenters. The summed E-state index contributed by atoms with van der Waals surface area (Å²) >= 11 is 5.88. The number of nitrogens with two attached hydrogens (primary N) is 1. The minimum atomic E-state index is -3.66. The second-order valence-electron chi connectivity index (χ2n) is 13.6. The van der Waals surface area contributed by atoms with Crippen LogP contribution in [0.2, 0.25) is 5.28 Å². The molecule has 6 rings (SSSR count). The van der Waals surface area contributed by atoms with E-state index in [1.165, 1.54) is 0 Å². The lowest BCUT2D eigenvalue weighted by molar-refractivity contribution is -0.130. The van der Waals surface area contributed by atoms with Crippen molar-refractivity contribution in [2.75, 3.05) is 25.0 Å². The van der Waals surface area contributed by atoms with Crippen LogP contribution in [0.25, 0.3) is 22.5 Å². The summed E-state index contributed by atoms with van der Waals surface area (Å²) in [5.74, 6) is 0.281. The number of carbonyl (C=O) groups excluding carboxylic acids is 2. The molecule has 51 heavy (non-hydrogen) atoms. The predicted molar refractivity (Wildman–Crippen MR) is 198 cm³/mol.